The second-order valence-corrected chi connectivity index (χ2v) is 5.40. The topological polar surface area (TPSA) is 93.1 Å². The van der Waals surface area contributed by atoms with Crippen molar-refractivity contribution in [1.29, 1.82) is 0 Å². The number of β-amino-alcohol motifs (C(OH)–C–C–N with tert-alkyl or cyclic N) is 1. The van der Waals surface area contributed by atoms with Crippen LogP contribution in [0.4, 0.5) is 0 Å². The van der Waals surface area contributed by atoms with Crippen molar-refractivity contribution in [2.45, 2.75) is 19.9 Å². The third kappa shape index (κ3) is 5.07. The molecule has 0 saturated carbocycles. The normalized spacial score (nSPS) is 19.0. The minimum Gasteiger partial charge on any atom is -0.480 e. The minimum atomic E-state index is -1.03. The molecule has 0 aromatic heterocycles. The van der Waals surface area contributed by atoms with E-state index in [1.165, 1.54) is 0 Å². The first-order valence-electron chi connectivity index (χ1n) is 7.02. The molecule has 1 rings (SSSR count). The molecule has 1 fully saturated rings. The Morgan fingerprint density at radius 3 is 2.25 bits per heavy atom. The first-order chi connectivity index (χ1) is 9.45. The lowest BCUT2D eigenvalue weighted by molar-refractivity contribution is -0.139. The third-order valence-corrected chi connectivity index (χ3v) is 3.53. The van der Waals surface area contributed by atoms with Crippen LogP contribution in [0.15, 0.2) is 0 Å². The summed E-state index contributed by atoms with van der Waals surface area (Å²) < 4.78 is 0. The standard InChI is InChI=1S/C13H25N3O4/c1-10(2)12(13(20)14-9-11(18)19)16-5-3-15(4-6-16)7-8-17/h10,12,17H,3-9H2,1-2H3,(H,14,20)(H,18,19). The Balaban J connectivity index is 2.54. The zero-order chi connectivity index (χ0) is 15.1. The monoisotopic (exact) mass is 287 g/mol. The largest absolute Gasteiger partial charge is 0.480 e. The highest BCUT2D eigenvalue weighted by Gasteiger charge is 2.31. The summed E-state index contributed by atoms with van der Waals surface area (Å²) in [7, 11) is 0. The van der Waals surface area contributed by atoms with Crippen molar-refractivity contribution in [2.75, 3.05) is 45.9 Å². The summed E-state index contributed by atoms with van der Waals surface area (Å²) in [4.78, 5) is 26.9. The molecule has 0 aromatic rings. The van der Waals surface area contributed by atoms with E-state index in [2.05, 4.69) is 15.1 Å². The molecule has 7 nitrogen and oxygen atoms in total. The number of carbonyl (C=O) groups excluding carboxylic acids is 1. The van der Waals surface area contributed by atoms with Crippen LogP contribution in [-0.2, 0) is 9.59 Å². The van der Waals surface area contributed by atoms with Gasteiger partial charge in [0.15, 0.2) is 0 Å². The van der Waals surface area contributed by atoms with Crippen molar-refractivity contribution in [2.24, 2.45) is 5.92 Å². The van der Waals surface area contributed by atoms with Crippen molar-refractivity contribution >= 4 is 11.9 Å². The molecule has 1 saturated heterocycles. The van der Waals surface area contributed by atoms with Crippen LogP contribution in [0.5, 0.6) is 0 Å². The Morgan fingerprint density at radius 1 is 1.20 bits per heavy atom. The van der Waals surface area contributed by atoms with Gasteiger partial charge >= 0.3 is 5.97 Å². The van der Waals surface area contributed by atoms with Crippen LogP contribution in [0, 0.1) is 5.92 Å². The van der Waals surface area contributed by atoms with E-state index in [4.69, 9.17) is 10.2 Å². The number of carbonyl (C=O) groups is 2. The maximum atomic E-state index is 12.1. The molecule has 0 aliphatic carbocycles. The van der Waals surface area contributed by atoms with Gasteiger partial charge in [-0.1, -0.05) is 13.8 Å². The zero-order valence-electron chi connectivity index (χ0n) is 12.2. The van der Waals surface area contributed by atoms with Crippen LogP contribution >= 0.6 is 0 Å². The van der Waals surface area contributed by atoms with E-state index < -0.39 is 5.97 Å². The Bertz CT molecular complexity index is 328. The first-order valence-corrected chi connectivity index (χ1v) is 7.02. The number of hydrogen-bond acceptors (Lipinski definition) is 5. The van der Waals surface area contributed by atoms with E-state index in [0.29, 0.717) is 6.54 Å². The number of aliphatic carboxylic acids is 1. The number of rotatable bonds is 7. The molecule has 1 amide bonds. The van der Waals surface area contributed by atoms with E-state index in [1.54, 1.807) is 0 Å². The minimum absolute atomic E-state index is 0.119. The van der Waals surface area contributed by atoms with Gasteiger partial charge < -0.3 is 15.5 Å². The molecule has 20 heavy (non-hydrogen) atoms. The molecule has 1 atom stereocenters. The van der Waals surface area contributed by atoms with Gasteiger partial charge in [0.25, 0.3) is 0 Å². The van der Waals surface area contributed by atoms with Gasteiger partial charge in [-0.3, -0.25) is 19.4 Å². The number of carboxylic acid groups (broad SMARTS) is 1. The average molecular weight is 287 g/mol. The predicted octanol–water partition coefficient (Wildman–Crippen LogP) is -1.18. The molecule has 1 heterocycles. The molecule has 1 unspecified atom stereocenters. The van der Waals surface area contributed by atoms with Crippen molar-refractivity contribution in [3.63, 3.8) is 0 Å². The molecular weight excluding hydrogens is 262 g/mol. The smallest absolute Gasteiger partial charge is 0.322 e. The number of nitrogens with zero attached hydrogens (tertiary/aromatic N) is 2. The lowest BCUT2D eigenvalue weighted by atomic mass is 10.0. The Kier molecular flexibility index (Phi) is 6.90. The predicted molar refractivity (Wildman–Crippen MR) is 74.4 cm³/mol. The zero-order valence-corrected chi connectivity index (χ0v) is 12.2. The SMILES string of the molecule is CC(C)C(C(=O)NCC(=O)O)N1CCN(CCO)CC1. The van der Waals surface area contributed by atoms with Crippen LogP contribution < -0.4 is 5.32 Å². The lowest BCUT2D eigenvalue weighted by Crippen LogP contribution is -2.57. The van der Waals surface area contributed by atoms with Crippen molar-refractivity contribution in [3.05, 3.63) is 0 Å². The van der Waals surface area contributed by atoms with Gasteiger partial charge in [0.05, 0.1) is 12.6 Å². The summed E-state index contributed by atoms with van der Waals surface area (Å²) in [6.07, 6.45) is 0. The number of aliphatic hydroxyl groups is 1. The lowest BCUT2D eigenvalue weighted by Gasteiger charge is -2.39. The number of piperazine rings is 1. The van der Waals surface area contributed by atoms with Gasteiger partial charge in [0, 0.05) is 32.7 Å². The molecule has 116 valence electrons. The molecule has 1 aliphatic heterocycles. The van der Waals surface area contributed by atoms with E-state index in [0.717, 1.165) is 26.2 Å². The molecule has 1 aliphatic rings. The second kappa shape index (κ2) is 8.18. The highest BCUT2D eigenvalue weighted by molar-refractivity contribution is 5.85. The van der Waals surface area contributed by atoms with Gasteiger partial charge in [0.2, 0.25) is 5.91 Å². The number of carboxylic acids is 1. The molecule has 7 heteroatoms. The second-order valence-electron chi connectivity index (χ2n) is 5.40. The Morgan fingerprint density at radius 2 is 1.80 bits per heavy atom. The first kappa shape index (κ1) is 16.9. The summed E-state index contributed by atoms with van der Waals surface area (Å²) in [5.41, 5.74) is 0. The van der Waals surface area contributed by atoms with Gasteiger partial charge in [-0.15, -0.1) is 0 Å². The number of hydrogen-bond donors (Lipinski definition) is 3. The fraction of sp³-hybridized carbons (Fsp3) is 0.846. The number of amides is 1. The number of nitrogens with one attached hydrogen (secondary N) is 1. The Labute approximate surface area is 119 Å². The molecule has 0 aromatic carbocycles. The summed E-state index contributed by atoms with van der Waals surface area (Å²) in [6, 6.07) is -0.300. The van der Waals surface area contributed by atoms with Gasteiger partial charge in [-0.25, -0.2) is 0 Å². The van der Waals surface area contributed by atoms with Crippen LogP contribution in [0.3, 0.4) is 0 Å². The Hall–Kier alpha value is -1.18. The molecule has 0 radical (unpaired) electrons. The fourth-order valence-electron chi connectivity index (χ4n) is 2.56. The molecule has 0 bridgehead atoms. The van der Waals surface area contributed by atoms with E-state index >= 15 is 0 Å². The third-order valence-electron chi connectivity index (χ3n) is 3.53. The van der Waals surface area contributed by atoms with Crippen molar-refractivity contribution < 1.29 is 19.8 Å². The van der Waals surface area contributed by atoms with Crippen LogP contribution in [0.2, 0.25) is 0 Å². The highest BCUT2D eigenvalue weighted by atomic mass is 16.4. The summed E-state index contributed by atoms with van der Waals surface area (Å²) in [5, 5.41) is 20.0. The number of aliphatic hydroxyl groups excluding tert-OH is 1. The molecular formula is C13H25N3O4. The van der Waals surface area contributed by atoms with E-state index in [-0.39, 0.29) is 31.0 Å². The van der Waals surface area contributed by atoms with Crippen LogP contribution in [-0.4, -0.2) is 83.8 Å². The quantitative estimate of drug-likeness (QED) is 0.546. The van der Waals surface area contributed by atoms with E-state index in [1.807, 2.05) is 13.8 Å². The maximum absolute atomic E-state index is 12.1. The van der Waals surface area contributed by atoms with Crippen LogP contribution in [0.1, 0.15) is 13.8 Å². The maximum Gasteiger partial charge on any atom is 0.322 e. The summed E-state index contributed by atoms with van der Waals surface area (Å²) >= 11 is 0. The average Bonchev–Trinajstić information content (AvgIpc) is 2.38. The molecule has 3 N–H and O–H groups in total. The summed E-state index contributed by atoms with van der Waals surface area (Å²) in [6.45, 7) is 7.53. The fourth-order valence-corrected chi connectivity index (χ4v) is 2.56. The van der Waals surface area contributed by atoms with Crippen molar-refractivity contribution in [3.8, 4) is 0 Å². The van der Waals surface area contributed by atoms with Crippen molar-refractivity contribution in [1.82, 2.24) is 15.1 Å². The van der Waals surface area contributed by atoms with E-state index in [9.17, 15) is 9.59 Å². The van der Waals surface area contributed by atoms with Gasteiger partial charge in [-0.05, 0) is 5.92 Å². The van der Waals surface area contributed by atoms with Crippen LogP contribution in [0.25, 0.3) is 0 Å². The highest BCUT2D eigenvalue weighted by Crippen LogP contribution is 2.14. The van der Waals surface area contributed by atoms with Gasteiger partial charge in [0.1, 0.15) is 6.54 Å². The summed E-state index contributed by atoms with van der Waals surface area (Å²) in [5.74, 6) is -1.14. The molecule has 0 spiro atoms. The van der Waals surface area contributed by atoms with Gasteiger partial charge in [-0.2, -0.15) is 0 Å².